The summed E-state index contributed by atoms with van der Waals surface area (Å²) in [6.45, 7) is 4.00. The summed E-state index contributed by atoms with van der Waals surface area (Å²) in [6.07, 6.45) is 2.53. The Labute approximate surface area is 71.7 Å². The summed E-state index contributed by atoms with van der Waals surface area (Å²) in [5.41, 5.74) is 7.36. The highest BCUT2D eigenvalue weighted by molar-refractivity contribution is 5.29. The van der Waals surface area contributed by atoms with E-state index >= 15 is 0 Å². The van der Waals surface area contributed by atoms with E-state index in [-0.39, 0.29) is 5.82 Å². The summed E-state index contributed by atoms with van der Waals surface area (Å²) in [7, 11) is 0. The lowest BCUT2D eigenvalue weighted by molar-refractivity contribution is 0.624. The van der Waals surface area contributed by atoms with Gasteiger partial charge in [0, 0.05) is 6.54 Å². The van der Waals surface area contributed by atoms with E-state index in [1.807, 2.05) is 0 Å². The van der Waals surface area contributed by atoms with Gasteiger partial charge in [-0.15, -0.1) is 6.58 Å². The van der Waals surface area contributed by atoms with Crippen molar-refractivity contribution < 1.29 is 4.39 Å². The number of nitrogens with two attached hydrogens (primary N) is 1. The summed E-state index contributed by atoms with van der Waals surface area (Å²) in [5.74, 6) is -0.233. The van der Waals surface area contributed by atoms with Crippen molar-refractivity contribution in [2.24, 2.45) is 5.73 Å². The minimum absolute atomic E-state index is 0.233. The molecule has 1 aromatic carbocycles. The van der Waals surface area contributed by atoms with Crippen molar-refractivity contribution in [3.8, 4) is 0 Å². The first-order chi connectivity index (χ1) is 5.77. The largest absolute Gasteiger partial charge is 0.326 e. The molecule has 0 aliphatic heterocycles. The molecule has 0 saturated carbocycles. The molecule has 0 radical (unpaired) electrons. The second-order valence-corrected chi connectivity index (χ2v) is 2.61. The predicted octanol–water partition coefficient (Wildman–Crippen LogP) is 2.01. The van der Waals surface area contributed by atoms with Gasteiger partial charge in [0.1, 0.15) is 5.82 Å². The van der Waals surface area contributed by atoms with Crippen LogP contribution in [0.4, 0.5) is 4.39 Å². The normalized spacial score (nSPS) is 9.83. The first-order valence-electron chi connectivity index (χ1n) is 3.86. The summed E-state index contributed by atoms with van der Waals surface area (Å²) < 4.78 is 12.7. The van der Waals surface area contributed by atoms with Crippen molar-refractivity contribution in [2.75, 3.05) is 0 Å². The Hall–Kier alpha value is -1.15. The molecule has 0 saturated heterocycles. The Morgan fingerprint density at radius 2 is 2.17 bits per heavy atom. The van der Waals surface area contributed by atoms with Crippen LogP contribution in [-0.2, 0) is 13.0 Å². The minimum atomic E-state index is -0.233. The first kappa shape index (κ1) is 8.94. The van der Waals surface area contributed by atoms with E-state index in [2.05, 4.69) is 6.58 Å². The monoisotopic (exact) mass is 165 g/mol. The molecule has 0 bridgehead atoms. The van der Waals surface area contributed by atoms with Crippen molar-refractivity contribution in [1.29, 1.82) is 0 Å². The smallest absolute Gasteiger partial charge is 0.123 e. The molecule has 0 spiro atoms. The second-order valence-electron chi connectivity index (χ2n) is 2.61. The van der Waals surface area contributed by atoms with Crippen molar-refractivity contribution >= 4 is 0 Å². The topological polar surface area (TPSA) is 26.0 Å². The number of rotatable bonds is 3. The number of allylic oxidation sites excluding steroid dienone is 1. The van der Waals surface area contributed by atoms with Gasteiger partial charge in [-0.25, -0.2) is 4.39 Å². The summed E-state index contributed by atoms with van der Waals surface area (Å²) in [4.78, 5) is 0. The van der Waals surface area contributed by atoms with Gasteiger partial charge in [0.2, 0.25) is 0 Å². The molecule has 1 nitrogen and oxygen atoms in total. The Bertz CT molecular complexity index is 281. The highest BCUT2D eigenvalue weighted by Gasteiger charge is 1.99. The van der Waals surface area contributed by atoms with E-state index in [9.17, 15) is 4.39 Å². The van der Waals surface area contributed by atoms with E-state index in [1.165, 1.54) is 12.1 Å². The van der Waals surface area contributed by atoms with E-state index in [4.69, 9.17) is 5.73 Å². The fourth-order valence-corrected chi connectivity index (χ4v) is 1.14. The second kappa shape index (κ2) is 4.02. The molecular weight excluding hydrogens is 153 g/mol. The molecule has 1 rings (SSSR count). The first-order valence-corrected chi connectivity index (χ1v) is 3.86. The molecule has 12 heavy (non-hydrogen) atoms. The fraction of sp³-hybridized carbons (Fsp3) is 0.200. The van der Waals surface area contributed by atoms with Gasteiger partial charge < -0.3 is 5.73 Å². The maximum absolute atomic E-state index is 12.7. The van der Waals surface area contributed by atoms with Crippen LogP contribution in [0.5, 0.6) is 0 Å². The van der Waals surface area contributed by atoms with Crippen LogP contribution in [0.2, 0.25) is 0 Å². The summed E-state index contributed by atoms with van der Waals surface area (Å²) in [5, 5.41) is 0. The van der Waals surface area contributed by atoms with Crippen LogP contribution in [0.25, 0.3) is 0 Å². The van der Waals surface area contributed by atoms with E-state index in [0.717, 1.165) is 17.5 Å². The zero-order valence-corrected chi connectivity index (χ0v) is 6.89. The van der Waals surface area contributed by atoms with Crippen molar-refractivity contribution in [3.05, 3.63) is 47.8 Å². The summed E-state index contributed by atoms with van der Waals surface area (Å²) >= 11 is 0. The van der Waals surface area contributed by atoms with Crippen LogP contribution >= 0.6 is 0 Å². The SMILES string of the molecule is C=CCc1ccc(F)cc1CN. The molecule has 64 valence electrons. The predicted molar refractivity (Wildman–Crippen MR) is 48.2 cm³/mol. The standard InChI is InChI=1S/C10H12FN/c1-2-3-8-4-5-10(11)6-9(8)7-12/h2,4-6H,1,3,7,12H2. The van der Waals surface area contributed by atoms with Gasteiger partial charge in [0.05, 0.1) is 0 Å². The van der Waals surface area contributed by atoms with Crippen molar-refractivity contribution in [1.82, 2.24) is 0 Å². The number of halogens is 1. The van der Waals surface area contributed by atoms with Crippen LogP contribution in [0.3, 0.4) is 0 Å². The molecule has 0 aliphatic carbocycles. The molecule has 2 N–H and O–H groups in total. The van der Waals surface area contributed by atoms with Gasteiger partial charge in [0.15, 0.2) is 0 Å². The Morgan fingerprint density at radius 1 is 1.42 bits per heavy atom. The average molecular weight is 165 g/mol. The lowest BCUT2D eigenvalue weighted by atomic mass is 10.0. The maximum atomic E-state index is 12.7. The molecule has 0 unspecified atom stereocenters. The Kier molecular flexibility index (Phi) is 3.00. The molecule has 1 aromatic rings. The van der Waals surface area contributed by atoms with E-state index < -0.39 is 0 Å². The van der Waals surface area contributed by atoms with Crippen LogP contribution in [0, 0.1) is 5.82 Å². The number of hydrogen-bond donors (Lipinski definition) is 1. The van der Waals surface area contributed by atoms with Gasteiger partial charge in [0.25, 0.3) is 0 Å². The third-order valence-corrected chi connectivity index (χ3v) is 1.75. The van der Waals surface area contributed by atoms with Crippen molar-refractivity contribution in [2.45, 2.75) is 13.0 Å². The third kappa shape index (κ3) is 1.92. The van der Waals surface area contributed by atoms with Crippen LogP contribution in [0.15, 0.2) is 30.9 Å². The van der Waals surface area contributed by atoms with Crippen LogP contribution < -0.4 is 5.73 Å². The molecule has 0 fully saturated rings. The van der Waals surface area contributed by atoms with Gasteiger partial charge in [-0.3, -0.25) is 0 Å². The molecule has 0 heterocycles. The number of hydrogen-bond acceptors (Lipinski definition) is 1. The van der Waals surface area contributed by atoms with Gasteiger partial charge >= 0.3 is 0 Å². The zero-order valence-electron chi connectivity index (χ0n) is 6.89. The number of benzene rings is 1. The maximum Gasteiger partial charge on any atom is 0.123 e. The zero-order chi connectivity index (χ0) is 8.97. The van der Waals surface area contributed by atoms with E-state index in [1.54, 1.807) is 12.1 Å². The third-order valence-electron chi connectivity index (χ3n) is 1.75. The quantitative estimate of drug-likeness (QED) is 0.681. The fourth-order valence-electron chi connectivity index (χ4n) is 1.14. The lowest BCUT2D eigenvalue weighted by Gasteiger charge is -2.04. The lowest BCUT2D eigenvalue weighted by Crippen LogP contribution is -2.01. The van der Waals surface area contributed by atoms with E-state index in [0.29, 0.717) is 6.54 Å². The molecule has 0 atom stereocenters. The molecule has 0 aromatic heterocycles. The van der Waals surface area contributed by atoms with Gasteiger partial charge in [-0.1, -0.05) is 12.1 Å². The molecule has 2 heteroatoms. The van der Waals surface area contributed by atoms with Crippen molar-refractivity contribution in [3.63, 3.8) is 0 Å². The minimum Gasteiger partial charge on any atom is -0.326 e. The molecule has 0 amide bonds. The average Bonchev–Trinajstić information content (AvgIpc) is 2.08. The molecule has 0 aliphatic rings. The van der Waals surface area contributed by atoms with Gasteiger partial charge in [-0.05, 0) is 29.7 Å². The highest BCUT2D eigenvalue weighted by Crippen LogP contribution is 2.11. The van der Waals surface area contributed by atoms with Gasteiger partial charge in [-0.2, -0.15) is 0 Å². The van der Waals surface area contributed by atoms with Crippen LogP contribution in [-0.4, -0.2) is 0 Å². The highest BCUT2D eigenvalue weighted by atomic mass is 19.1. The molecular formula is C10H12FN. The Morgan fingerprint density at radius 3 is 2.75 bits per heavy atom. The van der Waals surface area contributed by atoms with Crippen LogP contribution in [0.1, 0.15) is 11.1 Å². The summed E-state index contributed by atoms with van der Waals surface area (Å²) in [6, 6.07) is 4.66. The Balaban J connectivity index is 3.01.